The number of carbonyl (C=O) groups is 2. The van der Waals surface area contributed by atoms with Gasteiger partial charge in [-0.15, -0.1) is 11.8 Å². The number of amides is 3. The summed E-state index contributed by atoms with van der Waals surface area (Å²) < 4.78 is 0. The monoisotopic (exact) mass is 431 g/mol. The van der Waals surface area contributed by atoms with E-state index in [9.17, 15) is 9.59 Å². The molecule has 30 heavy (non-hydrogen) atoms. The van der Waals surface area contributed by atoms with Crippen molar-refractivity contribution in [1.29, 1.82) is 0 Å². The molecular formula is C24H37N3O2S. The first kappa shape index (κ1) is 23.0. The molecule has 0 saturated carbocycles. The van der Waals surface area contributed by atoms with Gasteiger partial charge in [-0.05, 0) is 74.5 Å². The summed E-state index contributed by atoms with van der Waals surface area (Å²) in [6.45, 7) is 7.67. The maximum Gasteiger partial charge on any atom is 0.321 e. The summed E-state index contributed by atoms with van der Waals surface area (Å²) >= 11 is 1.70. The molecule has 5 nitrogen and oxygen atoms in total. The minimum absolute atomic E-state index is 0.00989. The molecule has 2 aliphatic heterocycles. The smallest absolute Gasteiger partial charge is 0.321 e. The van der Waals surface area contributed by atoms with Gasteiger partial charge in [-0.2, -0.15) is 0 Å². The highest BCUT2D eigenvalue weighted by Gasteiger charge is 2.32. The Bertz CT molecular complexity index is 693. The molecule has 0 spiro atoms. The van der Waals surface area contributed by atoms with Crippen molar-refractivity contribution in [1.82, 2.24) is 9.80 Å². The number of rotatable bonds is 6. The second-order valence-electron chi connectivity index (χ2n) is 8.84. The number of benzene rings is 1. The lowest BCUT2D eigenvalue weighted by molar-refractivity contribution is -0.137. The lowest BCUT2D eigenvalue weighted by Crippen LogP contribution is -2.45. The van der Waals surface area contributed by atoms with Gasteiger partial charge in [-0.3, -0.25) is 4.79 Å². The predicted molar refractivity (Wildman–Crippen MR) is 125 cm³/mol. The van der Waals surface area contributed by atoms with Gasteiger partial charge >= 0.3 is 6.03 Å². The molecule has 2 aliphatic rings. The van der Waals surface area contributed by atoms with Gasteiger partial charge in [0, 0.05) is 42.7 Å². The molecule has 0 radical (unpaired) electrons. The van der Waals surface area contributed by atoms with E-state index in [4.69, 9.17) is 0 Å². The van der Waals surface area contributed by atoms with E-state index >= 15 is 0 Å². The quantitative estimate of drug-likeness (QED) is 0.620. The third-order valence-corrected chi connectivity index (χ3v) is 7.57. The van der Waals surface area contributed by atoms with Crippen LogP contribution >= 0.6 is 11.8 Å². The standard InChI is InChI=1S/C24H37N3O2S/c1-4-5-18(2)23(28)26-14-10-19(11-15-26)20-12-16-27(17-13-20)24(29)25-21-6-8-22(30-3)9-7-21/h6-9,18-20H,4-5,10-17H2,1-3H3,(H,25,29). The molecule has 2 saturated heterocycles. The molecule has 166 valence electrons. The van der Waals surface area contributed by atoms with E-state index in [0.29, 0.717) is 17.7 Å². The van der Waals surface area contributed by atoms with Gasteiger partial charge in [0.25, 0.3) is 0 Å². The minimum Gasteiger partial charge on any atom is -0.342 e. The van der Waals surface area contributed by atoms with Crippen molar-refractivity contribution in [3.63, 3.8) is 0 Å². The average Bonchev–Trinajstić information content (AvgIpc) is 2.79. The Morgan fingerprint density at radius 1 is 1.00 bits per heavy atom. The predicted octanol–water partition coefficient (Wildman–Crippen LogP) is 5.33. The van der Waals surface area contributed by atoms with Gasteiger partial charge in [-0.1, -0.05) is 20.3 Å². The van der Waals surface area contributed by atoms with E-state index in [0.717, 1.165) is 70.4 Å². The number of piperidine rings is 2. The fourth-order valence-electron chi connectivity index (χ4n) is 4.91. The van der Waals surface area contributed by atoms with Gasteiger partial charge in [0.05, 0.1) is 0 Å². The molecule has 1 unspecified atom stereocenters. The van der Waals surface area contributed by atoms with Crippen molar-refractivity contribution in [3.05, 3.63) is 24.3 Å². The van der Waals surface area contributed by atoms with E-state index in [2.05, 4.69) is 24.1 Å². The van der Waals surface area contributed by atoms with Crippen LogP contribution in [0, 0.1) is 17.8 Å². The molecule has 3 rings (SSSR count). The molecule has 1 N–H and O–H groups in total. The van der Waals surface area contributed by atoms with Crippen LogP contribution in [0.15, 0.2) is 29.2 Å². The second-order valence-corrected chi connectivity index (χ2v) is 9.72. The number of urea groups is 1. The summed E-state index contributed by atoms with van der Waals surface area (Å²) in [5, 5.41) is 3.03. The van der Waals surface area contributed by atoms with Crippen LogP contribution in [0.3, 0.4) is 0 Å². The van der Waals surface area contributed by atoms with E-state index in [1.807, 2.05) is 35.4 Å². The van der Waals surface area contributed by atoms with Crippen molar-refractivity contribution >= 4 is 29.4 Å². The zero-order chi connectivity index (χ0) is 21.5. The summed E-state index contributed by atoms with van der Waals surface area (Å²) in [5.74, 6) is 1.87. The Hall–Kier alpha value is -1.69. The van der Waals surface area contributed by atoms with E-state index in [-0.39, 0.29) is 11.9 Å². The first-order valence-electron chi connectivity index (χ1n) is 11.5. The summed E-state index contributed by atoms with van der Waals surface area (Å²) in [7, 11) is 0. The number of carbonyl (C=O) groups excluding carboxylic acids is 2. The number of anilines is 1. The Kier molecular flexibility index (Phi) is 8.49. The average molecular weight is 432 g/mol. The minimum atomic E-state index is 0.00989. The van der Waals surface area contributed by atoms with Gasteiger partial charge in [0.1, 0.15) is 0 Å². The Morgan fingerprint density at radius 2 is 1.53 bits per heavy atom. The van der Waals surface area contributed by atoms with Gasteiger partial charge in [-0.25, -0.2) is 4.79 Å². The summed E-state index contributed by atoms with van der Waals surface area (Å²) in [5.41, 5.74) is 0.856. The molecule has 2 heterocycles. The number of nitrogens with one attached hydrogen (secondary N) is 1. The Morgan fingerprint density at radius 3 is 2.03 bits per heavy atom. The van der Waals surface area contributed by atoms with Crippen molar-refractivity contribution in [2.75, 3.05) is 37.8 Å². The Balaban J connectivity index is 1.41. The SMILES string of the molecule is CCCC(C)C(=O)N1CCC(C2CCN(C(=O)Nc3ccc(SC)cc3)CC2)CC1. The molecule has 6 heteroatoms. The molecule has 1 atom stereocenters. The molecule has 0 aromatic heterocycles. The third-order valence-electron chi connectivity index (χ3n) is 6.83. The van der Waals surface area contributed by atoms with Crippen LogP contribution in [-0.2, 0) is 4.79 Å². The fourth-order valence-corrected chi connectivity index (χ4v) is 5.32. The lowest BCUT2D eigenvalue weighted by Gasteiger charge is -2.40. The van der Waals surface area contributed by atoms with E-state index in [1.165, 1.54) is 4.90 Å². The van der Waals surface area contributed by atoms with Crippen LogP contribution in [0.2, 0.25) is 0 Å². The maximum atomic E-state index is 12.6. The highest BCUT2D eigenvalue weighted by atomic mass is 32.2. The number of thioether (sulfide) groups is 1. The topological polar surface area (TPSA) is 52.7 Å². The first-order chi connectivity index (χ1) is 14.5. The highest BCUT2D eigenvalue weighted by Crippen LogP contribution is 2.33. The van der Waals surface area contributed by atoms with Crippen molar-refractivity contribution < 1.29 is 9.59 Å². The summed E-state index contributed by atoms with van der Waals surface area (Å²) in [6, 6.07) is 8.01. The van der Waals surface area contributed by atoms with E-state index < -0.39 is 0 Å². The highest BCUT2D eigenvalue weighted by molar-refractivity contribution is 7.98. The number of hydrogen-bond donors (Lipinski definition) is 1. The molecule has 1 aromatic carbocycles. The Labute approximate surface area is 186 Å². The number of likely N-dealkylation sites (tertiary alicyclic amines) is 2. The zero-order valence-electron chi connectivity index (χ0n) is 18.7. The maximum absolute atomic E-state index is 12.6. The summed E-state index contributed by atoms with van der Waals surface area (Å²) in [4.78, 5) is 30.4. The van der Waals surface area contributed by atoms with Gasteiger partial charge < -0.3 is 15.1 Å². The zero-order valence-corrected chi connectivity index (χ0v) is 19.5. The molecular weight excluding hydrogens is 394 g/mol. The molecule has 1 aromatic rings. The first-order valence-corrected chi connectivity index (χ1v) is 12.7. The summed E-state index contributed by atoms with van der Waals surface area (Å²) in [6.07, 6.45) is 8.48. The number of hydrogen-bond acceptors (Lipinski definition) is 3. The lowest BCUT2D eigenvalue weighted by atomic mass is 9.78. The van der Waals surface area contributed by atoms with Crippen LogP contribution in [0.1, 0.15) is 52.4 Å². The fraction of sp³-hybridized carbons (Fsp3) is 0.667. The van der Waals surface area contributed by atoms with Crippen LogP contribution < -0.4 is 5.32 Å². The molecule has 0 aliphatic carbocycles. The van der Waals surface area contributed by atoms with Crippen LogP contribution in [0.25, 0.3) is 0 Å². The van der Waals surface area contributed by atoms with Crippen molar-refractivity contribution in [2.45, 2.75) is 57.3 Å². The normalized spacial score (nSPS) is 19.6. The molecule has 2 fully saturated rings. The van der Waals surface area contributed by atoms with Crippen LogP contribution in [-0.4, -0.2) is 54.2 Å². The molecule has 3 amide bonds. The third kappa shape index (κ3) is 5.93. The van der Waals surface area contributed by atoms with Gasteiger partial charge in [0.2, 0.25) is 5.91 Å². The number of nitrogens with zero attached hydrogens (tertiary/aromatic N) is 2. The van der Waals surface area contributed by atoms with Crippen LogP contribution in [0.4, 0.5) is 10.5 Å². The second kappa shape index (κ2) is 11.1. The van der Waals surface area contributed by atoms with Crippen molar-refractivity contribution in [3.8, 4) is 0 Å². The van der Waals surface area contributed by atoms with Crippen molar-refractivity contribution in [2.24, 2.45) is 17.8 Å². The van der Waals surface area contributed by atoms with Crippen LogP contribution in [0.5, 0.6) is 0 Å². The van der Waals surface area contributed by atoms with E-state index in [1.54, 1.807) is 11.8 Å². The van der Waals surface area contributed by atoms with Gasteiger partial charge in [0.15, 0.2) is 0 Å². The largest absolute Gasteiger partial charge is 0.342 e. The molecule has 0 bridgehead atoms.